The Morgan fingerprint density at radius 3 is 2.47 bits per heavy atom. The zero-order chi connectivity index (χ0) is 12.3. The summed E-state index contributed by atoms with van der Waals surface area (Å²) in [7, 11) is 2.10. The van der Waals surface area contributed by atoms with Crippen LogP contribution >= 0.6 is 0 Å². The molecule has 3 nitrogen and oxygen atoms in total. The zero-order valence-electron chi connectivity index (χ0n) is 11.8. The Balaban J connectivity index is 1.74. The summed E-state index contributed by atoms with van der Waals surface area (Å²) in [6.07, 6.45) is 2.73. The molecule has 100 valence electrons. The quantitative estimate of drug-likeness (QED) is 0.797. The lowest BCUT2D eigenvalue weighted by atomic mass is 9.93. The molecule has 0 aromatic carbocycles. The van der Waals surface area contributed by atoms with Crippen LogP contribution in [0.3, 0.4) is 0 Å². The molecule has 2 fully saturated rings. The molecule has 1 N–H and O–H groups in total. The molecular formula is C14H29N3. The van der Waals surface area contributed by atoms with Crippen molar-refractivity contribution in [3.63, 3.8) is 0 Å². The molecule has 3 heteroatoms. The molecule has 0 bridgehead atoms. The highest BCUT2D eigenvalue weighted by Gasteiger charge is 2.28. The van der Waals surface area contributed by atoms with Crippen molar-refractivity contribution in [2.75, 3.05) is 46.3 Å². The Bertz CT molecular complexity index is 232. The van der Waals surface area contributed by atoms with E-state index >= 15 is 0 Å². The van der Waals surface area contributed by atoms with Crippen LogP contribution in [0, 0.1) is 11.8 Å². The lowest BCUT2D eigenvalue weighted by molar-refractivity contribution is 0.132. The van der Waals surface area contributed by atoms with Crippen molar-refractivity contribution in [3.8, 4) is 0 Å². The number of rotatable bonds is 4. The van der Waals surface area contributed by atoms with E-state index in [4.69, 9.17) is 0 Å². The second-order valence-electron chi connectivity index (χ2n) is 5.97. The van der Waals surface area contributed by atoms with E-state index in [9.17, 15) is 0 Å². The number of piperidine rings is 1. The first-order valence-electron chi connectivity index (χ1n) is 7.35. The van der Waals surface area contributed by atoms with Gasteiger partial charge in [0, 0.05) is 25.7 Å². The van der Waals surface area contributed by atoms with Gasteiger partial charge in [-0.05, 0) is 51.4 Å². The van der Waals surface area contributed by atoms with Gasteiger partial charge in [-0.1, -0.05) is 13.8 Å². The Kier molecular flexibility index (Phi) is 4.83. The van der Waals surface area contributed by atoms with Gasteiger partial charge >= 0.3 is 0 Å². The Labute approximate surface area is 107 Å². The average Bonchev–Trinajstić information content (AvgIpc) is 2.77. The fraction of sp³-hybridized carbons (Fsp3) is 1.00. The molecule has 0 spiro atoms. The summed E-state index contributed by atoms with van der Waals surface area (Å²) in [6.45, 7) is 12.5. The first kappa shape index (κ1) is 13.3. The summed E-state index contributed by atoms with van der Waals surface area (Å²) in [5.41, 5.74) is 0. The van der Waals surface area contributed by atoms with Crippen molar-refractivity contribution >= 4 is 0 Å². The fourth-order valence-electron chi connectivity index (χ4n) is 3.54. The highest BCUT2D eigenvalue weighted by Crippen LogP contribution is 2.21. The van der Waals surface area contributed by atoms with Gasteiger partial charge in [0.05, 0.1) is 0 Å². The van der Waals surface area contributed by atoms with Gasteiger partial charge in [-0.15, -0.1) is 0 Å². The van der Waals surface area contributed by atoms with Gasteiger partial charge in [-0.25, -0.2) is 0 Å². The van der Waals surface area contributed by atoms with Crippen molar-refractivity contribution in [3.05, 3.63) is 0 Å². The number of likely N-dealkylation sites (tertiary alicyclic amines) is 2. The molecule has 0 amide bonds. The standard InChI is InChI=1S/C14H29N3/c1-4-16-7-5-13(10-16)11-17-8-6-14(15-3)12(2)9-17/h12-15H,4-11H2,1-3H3. The lowest BCUT2D eigenvalue weighted by Gasteiger charge is -2.38. The highest BCUT2D eigenvalue weighted by molar-refractivity contribution is 4.84. The van der Waals surface area contributed by atoms with Crippen LogP contribution in [0.4, 0.5) is 0 Å². The van der Waals surface area contributed by atoms with Crippen molar-refractivity contribution in [2.45, 2.75) is 32.7 Å². The lowest BCUT2D eigenvalue weighted by Crippen LogP contribution is -2.48. The van der Waals surface area contributed by atoms with Crippen molar-refractivity contribution < 1.29 is 0 Å². The van der Waals surface area contributed by atoms with Crippen molar-refractivity contribution in [2.24, 2.45) is 11.8 Å². The molecule has 0 aromatic rings. The maximum Gasteiger partial charge on any atom is 0.0114 e. The van der Waals surface area contributed by atoms with E-state index in [-0.39, 0.29) is 0 Å². The molecule has 0 aromatic heterocycles. The number of nitrogens with one attached hydrogen (secondary N) is 1. The molecule has 2 heterocycles. The van der Waals surface area contributed by atoms with Gasteiger partial charge in [-0.3, -0.25) is 0 Å². The monoisotopic (exact) mass is 239 g/mol. The third kappa shape index (κ3) is 3.43. The summed E-state index contributed by atoms with van der Waals surface area (Å²) >= 11 is 0. The maximum atomic E-state index is 3.45. The topological polar surface area (TPSA) is 18.5 Å². The number of hydrogen-bond acceptors (Lipinski definition) is 3. The maximum absolute atomic E-state index is 3.45. The van der Waals surface area contributed by atoms with Crippen LogP contribution in [0.25, 0.3) is 0 Å². The van der Waals surface area contributed by atoms with E-state index in [1.54, 1.807) is 0 Å². The first-order chi connectivity index (χ1) is 8.22. The van der Waals surface area contributed by atoms with E-state index in [1.807, 2.05) is 0 Å². The highest BCUT2D eigenvalue weighted by atomic mass is 15.2. The average molecular weight is 239 g/mol. The molecule has 0 aliphatic carbocycles. The fourth-order valence-corrected chi connectivity index (χ4v) is 3.54. The van der Waals surface area contributed by atoms with Gasteiger partial charge in [0.1, 0.15) is 0 Å². The van der Waals surface area contributed by atoms with Crippen LogP contribution in [0.2, 0.25) is 0 Å². The van der Waals surface area contributed by atoms with E-state index in [0.717, 1.165) is 17.9 Å². The SMILES string of the molecule is CCN1CCC(CN2CCC(NC)C(C)C2)C1. The second-order valence-corrected chi connectivity index (χ2v) is 5.97. The predicted molar refractivity (Wildman–Crippen MR) is 73.3 cm³/mol. The molecule has 0 radical (unpaired) electrons. The van der Waals surface area contributed by atoms with Gasteiger partial charge in [-0.2, -0.15) is 0 Å². The first-order valence-corrected chi connectivity index (χ1v) is 7.35. The van der Waals surface area contributed by atoms with E-state index in [2.05, 4.69) is 36.0 Å². The van der Waals surface area contributed by atoms with E-state index in [1.165, 1.54) is 52.1 Å². The van der Waals surface area contributed by atoms with Crippen molar-refractivity contribution in [1.82, 2.24) is 15.1 Å². The predicted octanol–water partition coefficient (Wildman–Crippen LogP) is 1.26. The van der Waals surface area contributed by atoms with Gasteiger partial charge < -0.3 is 15.1 Å². The van der Waals surface area contributed by atoms with Gasteiger partial charge in [0.25, 0.3) is 0 Å². The van der Waals surface area contributed by atoms with Crippen LogP contribution in [-0.4, -0.2) is 62.2 Å². The Hall–Kier alpha value is -0.120. The Morgan fingerprint density at radius 1 is 1.12 bits per heavy atom. The summed E-state index contributed by atoms with van der Waals surface area (Å²) in [5.74, 6) is 1.73. The smallest absolute Gasteiger partial charge is 0.0114 e. The molecule has 2 rings (SSSR count). The van der Waals surface area contributed by atoms with Crippen LogP contribution in [0.5, 0.6) is 0 Å². The van der Waals surface area contributed by atoms with Gasteiger partial charge in [0.2, 0.25) is 0 Å². The third-order valence-corrected chi connectivity index (χ3v) is 4.69. The molecule has 2 aliphatic heterocycles. The number of nitrogens with zero attached hydrogens (tertiary/aromatic N) is 2. The molecule has 2 saturated heterocycles. The summed E-state index contributed by atoms with van der Waals surface area (Å²) in [4.78, 5) is 5.29. The minimum absolute atomic E-state index is 0.738. The van der Waals surface area contributed by atoms with Crippen LogP contribution < -0.4 is 5.32 Å². The minimum atomic E-state index is 0.738. The van der Waals surface area contributed by atoms with E-state index < -0.39 is 0 Å². The summed E-state index contributed by atoms with van der Waals surface area (Å²) < 4.78 is 0. The zero-order valence-corrected chi connectivity index (χ0v) is 11.8. The summed E-state index contributed by atoms with van der Waals surface area (Å²) in [5, 5.41) is 3.45. The molecule has 2 aliphatic rings. The van der Waals surface area contributed by atoms with E-state index in [0.29, 0.717) is 0 Å². The molecule has 3 atom stereocenters. The molecule has 17 heavy (non-hydrogen) atoms. The van der Waals surface area contributed by atoms with Crippen molar-refractivity contribution in [1.29, 1.82) is 0 Å². The second kappa shape index (κ2) is 6.17. The molecule has 0 saturated carbocycles. The van der Waals surface area contributed by atoms with Gasteiger partial charge in [0.15, 0.2) is 0 Å². The normalized spacial score (nSPS) is 36.5. The van der Waals surface area contributed by atoms with Crippen LogP contribution in [0.1, 0.15) is 26.7 Å². The minimum Gasteiger partial charge on any atom is -0.317 e. The van der Waals surface area contributed by atoms with Crippen LogP contribution in [0.15, 0.2) is 0 Å². The largest absolute Gasteiger partial charge is 0.317 e. The molecule has 3 unspecified atom stereocenters. The Morgan fingerprint density at radius 2 is 1.88 bits per heavy atom. The molecular weight excluding hydrogens is 210 g/mol. The van der Waals surface area contributed by atoms with Crippen LogP contribution in [-0.2, 0) is 0 Å². The number of hydrogen-bond donors (Lipinski definition) is 1. The summed E-state index contributed by atoms with van der Waals surface area (Å²) in [6, 6.07) is 0.738. The third-order valence-electron chi connectivity index (χ3n) is 4.69.